The van der Waals surface area contributed by atoms with Gasteiger partial charge in [0.05, 0.1) is 18.7 Å². The van der Waals surface area contributed by atoms with E-state index >= 15 is 0 Å². The Morgan fingerprint density at radius 1 is 1.03 bits per heavy atom. The fourth-order valence-corrected chi connectivity index (χ4v) is 3.78. The minimum atomic E-state index is -0.414. The molecule has 0 heterocycles. The van der Waals surface area contributed by atoms with Crippen LogP contribution >= 0.6 is 35.4 Å². The molecule has 3 aromatic carbocycles. The Labute approximate surface area is 213 Å². The van der Waals surface area contributed by atoms with Gasteiger partial charge in [0.1, 0.15) is 0 Å². The number of ether oxygens (including phenoxy) is 1. The van der Waals surface area contributed by atoms with E-state index in [1.165, 1.54) is 6.08 Å². The molecule has 5 nitrogen and oxygen atoms in total. The summed E-state index contributed by atoms with van der Waals surface area (Å²) in [6.07, 6.45) is 3.12. The fourth-order valence-electron chi connectivity index (χ4n) is 3.04. The van der Waals surface area contributed by atoms with Crippen molar-refractivity contribution in [2.75, 3.05) is 11.5 Å². The lowest BCUT2D eigenvalue weighted by molar-refractivity contribution is -0.115. The molecule has 3 rings (SSSR count). The number of nitrogens with one attached hydrogen (secondary N) is 1. The molecular formula is C26H22Cl2N2O3S. The van der Waals surface area contributed by atoms with Crippen LogP contribution in [0.3, 0.4) is 0 Å². The molecule has 0 radical (unpaired) electrons. The third-order valence-corrected chi connectivity index (χ3v) is 5.65. The second kappa shape index (κ2) is 12.3. The summed E-state index contributed by atoms with van der Waals surface area (Å²) < 4.78 is 5.04. The van der Waals surface area contributed by atoms with Crippen molar-refractivity contribution in [2.45, 2.75) is 13.5 Å². The van der Waals surface area contributed by atoms with Gasteiger partial charge < -0.3 is 9.64 Å². The Morgan fingerprint density at radius 2 is 1.74 bits per heavy atom. The lowest BCUT2D eigenvalue weighted by Crippen LogP contribution is -2.42. The molecule has 0 spiro atoms. The Hall–Kier alpha value is -3.19. The van der Waals surface area contributed by atoms with E-state index in [4.69, 9.17) is 40.2 Å². The second-order valence-corrected chi connectivity index (χ2v) is 8.36. The standard InChI is InChI=1S/C26H22Cl2N2O3S/c1-2-33-25(32)19-10-13-22(14-11-19)30(17-20-9-12-21(27)16-23(20)28)26(34)29-24(31)15-8-18-6-4-3-5-7-18/h3-16H,2,17H2,1H3,(H,29,31,34)/b15-8+. The largest absolute Gasteiger partial charge is 0.462 e. The van der Waals surface area contributed by atoms with Crippen molar-refractivity contribution in [3.05, 3.63) is 106 Å². The molecular weight excluding hydrogens is 491 g/mol. The maximum absolute atomic E-state index is 12.5. The highest BCUT2D eigenvalue weighted by Gasteiger charge is 2.17. The zero-order valence-electron chi connectivity index (χ0n) is 18.3. The molecule has 0 fully saturated rings. The van der Waals surface area contributed by atoms with Crippen LogP contribution in [-0.4, -0.2) is 23.6 Å². The first-order valence-electron chi connectivity index (χ1n) is 10.4. The van der Waals surface area contributed by atoms with E-state index in [0.717, 1.165) is 11.1 Å². The first kappa shape index (κ1) is 25.4. The van der Waals surface area contributed by atoms with E-state index in [2.05, 4.69) is 5.32 Å². The summed E-state index contributed by atoms with van der Waals surface area (Å²) in [4.78, 5) is 26.2. The number of anilines is 1. The molecule has 3 aromatic rings. The van der Waals surface area contributed by atoms with Gasteiger partial charge in [-0.2, -0.15) is 0 Å². The smallest absolute Gasteiger partial charge is 0.338 e. The number of rotatable bonds is 7. The van der Waals surface area contributed by atoms with Gasteiger partial charge in [0.25, 0.3) is 0 Å². The number of thiocarbonyl (C=S) groups is 1. The van der Waals surface area contributed by atoms with Gasteiger partial charge in [-0.3, -0.25) is 10.1 Å². The Kier molecular flexibility index (Phi) is 9.22. The van der Waals surface area contributed by atoms with Crippen molar-refractivity contribution in [3.8, 4) is 0 Å². The maximum atomic E-state index is 12.5. The number of halogens is 2. The topological polar surface area (TPSA) is 58.6 Å². The molecule has 0 saturated heterocycles. The summed E-state index contributed by atoms with van der Waals surface area (Å²) in [5, 5.41) is 3.89. The van der Waals surface area contributed by atoms with Crippen LogP contribution in [0.1, 0.15) is 28.4 Å². The number of carbonyl (C=O) groups excluding carboxylic acids is 2. The average Bonchev–Trinajstić information content (AvgIpc) is 2.83. The van der Waals surface area contributed by atoms with Crippen LogP contribution in [0.25, 0.3) is 6.08 Å². The number of carbonyl (C=O) groups is 2. The average molecular weight is 513 g/mol. The van der Waals surface area contributed by atoms with Gasteiger partial charge in [0, 0.05) is 21.8 Å². The van der Waals surface area contributed by atoms with Crippen molar-refractivity contribution in [3.63, 3.8) is 0 Å². The van der Waals surface area contributed by atoms with Crippen LogP contribution in [0.2, 0.25) is 10.0 Å². The van der Waals surface area contributed by atoms with Crippen molar-refractivity contribution >= 4 is 64.2 Å². The third-order valence-electron chi connectivity index (χ3n) is 4.74. The zero-order chi connectivity index (χ0) is 24.5. The van der Waals surface area contributed by atoms with Crippen LogP contribution in [0.5, 0.6) is 0 Å². The molecule has 174 valence electrons. The van der Waals surface area contributed by atoms with Gasteiger partial charge in [0.15, 0.2) is 5.11 Å². The van der Waals surface area contributed by atoms with Gasteiger partial charge >= 0.3 is 5.97 Å². The van der Waals surface area contributed by atoms with Crippen molar-refractivity contribution in [1.29, 1.82) is 0 Å². The minimum Gasteiger partial charge on any atom is -0.462 e. The van der Waals surface area contributed by atoms with E-state index in [1.807, 2.05) is 30.3 Å². The predicted molar refractivity (Wildman–Crippen MR) is 141 cm³/mol. The molecule has 0 atom stereocenters. The van der Waals surface area contributed by atoms with E-state index < -0.39 is 5.97 Å². The molecule has 0 bridgehead atoms. The van der Waals surface area contributed by atoms with Crippen LogP contribution < -0.4 is 10.2 Å². The van der Waals surface area contributed by atoms with Crippen LogP contribution in [0.4, 0.5) is 5.69 Å². The van der Waals surface area contributed by atoms with Crippen LogP contribution in [0, 0.1) is 0 Å². The lowest BCUT2D eigenvalue weighted by Gasteiger charge is -2.26. The highest BCUT2D eigenvalue weighted by atomic mass is 35.5. The first-order valence-corrected chi connectivity index (χ1v) is 11.6. The predicted octanol–water partition coefficient (Wildman–Crippen LogP) is 6.29. The first-order chi connectivity index (χ1) is 16.4. The molecule has 1 N–H and O–H groups in total. The number of amides is 1. The molecule has 34 heavy (non-hydrogen) atoms. The van der Waals surface area contributed by atoms with Crippen molar-refractivity contribution < 1.29 is 14.3 Å². The monoisotopic (exact) mass is 512 g/mol. The van der Waals surface area contributed by atoms with Gasteiger partial charge in [-0.05, 0) is 72.7 Å². The highest BCUT2D eigenvalue weighted by molar-refractivity contribution is 7.80. The number of hydrogen-bond acceptors (Lipinski definition) is 4. The summed E-state index contributed by atoms with van der Waals surface area (Å²) in [7, 11) is 0. The molecule has 0 aliphatic heterocycles. The molecule has 1 amide bonds. The SMILES string of the molecule is CCOC(=O)c1ccc(N(Cc2ccc(Cl)cc2Cl)C(=S)NC(=O)/C=C/c2ccccc2)cc1. The van der Waals surface area contributed by atoms with E-state index in [9.17, 15) is 9.59 Å². The summed E-state index contributed by atoms with van der Waals surface area (Å²) in [5.74, 6) is -0.785. The van der Waals surface area contributed by atoms with Gasteiger partial charge in [-0.25, -0.2) is 4.79 Å². The van der Waals surface area contributed by atoms with Crippen molar-refractivity contribution in [1.82, 2.24) is 5.32 Å². The van der Waals surface area contributed by atoms with Gasteiger partial charge in [0.2, 0.25) is 5.91 Å². The molecule has 0 unspecified atom stereocenters. The number of benzene rings is 3. The van der Waals surface area contributed by atoms with E-state index in [-0.39, 0.29) is 24.2 Å². The molecule has 0 aliphatic carbocycles. The number of nitrogens with zero attached hydrogens (tertiary/aromatic N) is 1. The molecule has 8 heteroatoms. The summed E-state index contributed by atoms with van der Waals surface area (Å²) in [6, 6.07) is 21.4. The van der Waals surface area contributed by atoms with Crippen LogP contribution in [0.15, 0.2) is 78.9 Å². The summed E-state index contributed by atoms with van der Waals surface area (Å²) in [5.41, 5.74) is 2.73. The summed E-state index contributed by atoms with van der Waals surface area (Å²) >= 11 is 18.0. The molecule has 0 aromatic heterocycles. The highest BCUT2D eigenvalue weighted by Crippen LogP contribution is 2.25. The van der Waals surface area contributed by atoms with Crippen LogP contribution in [-0.2, 0) is 16.1 Å². The van der Waals surface area contributed by atoms with Gasteiger partial charge in [-0.15, -0.1) is 0 Å². The number of hydrogen-bond donors (Lipinski definition) is 1. The summed E-state index contributed by atoms with van der Waals surface area (Å²) in [6.45, 7) is 2.31. The fraction of sp³-hybridized carbons (Fsp3) is 0.115. The Morgan fingerprint density at radius 3 is 2.38 bits per heavy atom. The van der Waals surface area contributed by atoms with Gasteiger partial charge in [-0.1, -0.05) is 59.6 Å². The second-order valence-electron chi connectivity index (χ2n) is 7.13. The minimum absolute atomic E-state index is 0.178. The Bertz CT molecular complexity index is 1200. The zero-order valence-corrected chi connectivity index (χ0v) is 20.7. The number of esters is 1. The lowest BCUT2D eigenvalue weighted by atomic mass is 10.1. The maximum Gasteiger partial charge on any atom is 0.338 e. The third kappa shape index (κ3) is 7.15. The van der Waals surface area contributed by atoms with E-state index in [1.54, 1.807) is 60.4 Å². The molecule has 0 saturated carbocycles. The van der Waals surface area contributed by atoms with E-state index in [0.29, 0.717) is 21.3 Å². The molecule has 0 aliphatic rings. The van der Waals surface area contributed by atoms with Crippen molar-refractivity contribution in [2.24, 2.45) is 0 Å². The quantitative estimate of drug-likeness (QED) is 0.229. The normalized spacial score (nSPS) is 10.7. The Balaban J connectivity index is 1.83.